The number of aryl methyl sites for hydroxylation is 1. The molecule has 0 bridgehead atoms. The minimum Gasteiger partial charge on any atom is -0.351 e. The van der Waals surface area contributed by atoms with Crippen molar-refractivity contribution in [1.29, 1.82) is 0 Å². The largest absolute Gasteiger partial charge is 0.351 e. The second-order valence-electron chi connectivity index (χ2n) is 6.17. The van der Waals surface area contributed by atoms with Crippen molar-refractivity contribution in [2.24, 2.45) is 4.99 Å². The fraction of sp³-hybridized carbons (Fsp3) is 0.238. The number of rotatable bonds is 4. The number of nitrogens with zero attached hydrogens (tertiary/aromatic N) is 2. The zero-order valence-corrected chi connectivity index (χ0v) is 15.0. The van der Waals surface area contributed by atoms with E-state index in [0.717, 1.165) is 11.7 Å². The van der Waals surface area contributed by atoms with Gasteiger partial charge in [0, 0.05) is 13.2 Å². The van der Waals surface area contributed by atoms with E-state index in [1.54, 1.807) is 7.05 Å². The van der Waals surface area contributed by atoms with Gasteiger partial charge in [-0.15, -0.1) is 0 Å². The molecule has 3 rings (SSSR count). The Hall–Kier alpha value is -2.88. The van der Waals surface area contributed by atoms with E-state index in [4.69, 9.17) is 0 Å². The molecular formula is C21H24N4. The summed E-state index contributed by atoms with van der Waals surface area (Å²) in [5.41, 5.74) is 3.44. The molecule has 128 valence electrons. The van der Waals surface area contributed by atoms with E-state index in [-0.39, 0.29) is 6.04 Å². The molecule has 1 heterocycles. The highest BCUT2D eigenvalue weighted by Gasteiger charge is 2.09. The van der Waals surface area contributed by atoms with Gasteiger partial charge in [-0.25, -0.2) is 0 Å². The maximum atomic E-state index is 4.41. The molecule has 0 fully saturated rings. The molecule has 2 N–H and O–H groups in total. The summed E-state index contributed by atoms with van der Waals surface area (Å²) in [6.45, 7) is 4.86. The van der Waals surface area contributed by atoms with Gasteiger partial charge in [-0.05, 0) is 47.9 Å². The standard InChI is InChI=1S/C21H24N4/c1-15-7-6-12-23-20(15)14-24-21(22-3)25-16(2)18-11-10-17-8-4-5-9-19(17)13-18/h4-13,16H,14H2,1-3H3,(H2,22,24,25). The molecule has 0 aliphatic heterocycles. The van der Waals surface area contributed by atoms with Crippen molar-refractivity contribution in [2.45, 2.75) is 26.4 Å². The Morgan fingerprint density at radius 3 is 2.64 bits per heavy atom. The zero-order valence-electron chi connectivity index (χ0n) is 15.0. The molecule has 25 heavy (non-hydrogen) atoms. The maximum Gasteiger partial charge on any atom is 0.191 e. The van der Waals surface area contributed by atoms with Crippen LogP contribution in [0.5, 0.6) is 0 Å². The number of hydrogen-bond donors (Lipinski definition) is 2. The van der Waals surface area contributed by atoms with Gasteiger partial charge in [0.25, 0.3) is 0 Å². The lowest BCUT2D eigenvalue weighted by atomic mass is 10.0. The van der Waals surface area contributed by atoms with Crippen LogP contribution in [-0.2, 0) is 6.54 Å². The molecule has 4 nitrogen and oxygen atoms in total. The van der Waals surface area contributed by atoms with Gasteiger partial charge in [0.1, 0.15) is 0 Å². The average molecular weight is 332 g/mol. The first-order chi connectivity index (χ1) is 12.2. The van der Waals surface area contributed by atoms with Crippen LogP contribution in [-0.4, -0.2) is 18.0 Å². The number of benzene rings is 2. The van der Waals surface area contributed by atoms with E-state index in [1.807, 2.05) is 12.3 Å². The molecule has 3 aromatic rings. The molecular weight excluding hydrogens is 308 g/mol. The predicted molar refractivity (Wildman–Crippen MR) is 105 cm³/mol. The Bertz CT molecular complexity index is 886. The number of pyridine rings is 1. The lowest BCUT2D eigenvalue weighted by Crippen LogP contribution is -2.38. The van der Waals surface area contributed by atoms with Gasteiger partial charge in [-0.2, -0.15) is 0 Å². The Balaban J connectivity index is 1.67. The van der Waals surface area contributed by atoms with Crippen molar-refractivity contribution in [1.82, 2.24) is 15.6 Å². The molecule has 0 aliphatic rings. The number of fused-ring (bicyclic) bond motifs is 1. The summed E-state index contributed by atoms with van der Waals surface area (Å²) < 4.78 is 0. The predicted octanol–water partition coefficient (Wildman–Crippen LogP) is 3.97. The molecule has 1 atom stereocenters. The van der Waals surface area contributed by atoms with Gasteiger partial charge in [0.2, 0.25) is 0 Å². The minimum absolute atomic E-state index is 0.153. The third-order valence-corrected chi connectivity index (χ3v) is 4.39. The molecule has 2 aromatic carbocycles. The van der Waals surface area contributed by atoms with Crippen LogP contribution in [0.3, 0.4) is 0 Å². The highest BCUT2D eigenvalue weighted by molar-refractivity contribution is 5.84. The monoisotopic (exact) mass is 332 g/mol. The van der Waals surface area contributed by atoms with Gasteiger partial charge in [-0.3, -0.25) is 9.98 Å². The molecule has 0 spiro atoms. The zero-order chi connectivity index (χ0) is 17.6. The maximum absolute atomic E-state index is 4.41. The van der Waals surface area contributed by atoms with Crippen LogP contribution in [0, 0.1) is 6.92 Å². The third kappa shape index (κ3) is 4.15. The van der Waals surface area contributed by atoms with Crippen LogP contribution in [0.2, 0.25) is 0 Å². The van der Waals surface area contributed by atoms with E-state index in [1.165, 1.54) is 21.9 Å². The van der Waals surface area contributed by atoms with E-state index < -0.39 is 0 Å². The summed E-state index contributed by atoms with van der Waals surface area (Å²) >= 11 is 0. The van der Waals surface area contributed by atoms with Crippen LogP contribution < -0.4 is 10.6 Å². The first-order valence-electron chi connectivity index (χ1n) is 8.54. The summed E-state index contributed by atoms with van der Waals surface area (Å²) in [5, 5.41) is 9.30. The highest BCUT2D eigenvalue weighted by Crippen LogP contribution is 2.20. The molecule has 4 heteroatoms. The average Bonchev–Trinajstić information content (AvgIpc) is 2.65. The molecule has 0 radical (unpaired) electrons. The number of aliphatic imine (C=N–C) groups is 1. The molecule has 0 saturated carbocycles. The second-order valence-corrected chi connectivity index (χ2v) is 6.17. The van der Waals surface area contributed by atoms with Crippen LogP contribution >= 0.6 is 0 Å². The van der Waals surface area contributed by atoms with Crippen molar-refractivity contribution in [2.75, 3.05) is 7.05 Å². The first kappa shape index (κ1) is 17.0. The normalized spacial score (nSPS) is 12.8. The van der Waals surface area contributed by atoms with Gasteiger partial charge in [-0.1, -0.05) is 42.5 Å². The van der Waals surface area contributed by atoms with Crippen molar-refractivity contribution in [3.05, 3.63) is 77.6 Å². The number of nitrogens with one attached hydrogen (secondary N) is 2. The quantitative estimate of drug-likeness (QED) is 0.561. The summed E-state index contributed by atoms with van der Waals surface area (Å²) in [7, 11) is 1.79. The van der Waals surface area contributed by atoms with Crippen LogP contribution in [0.4, 0.5) is 0 Å². The lowest BCUT2D eigenvalue weighted by molar-refractivity contribution is 0.683. The fourth-order valence-corrected chi connectivity index (χ4v) is 2.83. The topological polar surface area (TPSA) is 49.3 Å². The summed E-state index contributed by atoms with van der Waals surface area (Å²) in [6.07, 6.45) is 1.82. The second kappa shape index (κ2) is 7.79. The smallest absolute Gasteiger partial charge is 0.191 e. The fourth-order valence-electron chi connectivity index (χ4n) is 2.83. The van der Waals surface area contributed by atoms with E-state index in [0.29, 0.717) is 6.54 Å². The summed E-state index contributed by atoms with van der Waals surface area (Å²) in [6, 6.07) is 19.1. The summed E-state index contributed by atoms with van der Waals surface area (Å²) in [5.74, 6) is 0.769. The van der Waals surface area contributed by atoms with Gasteiger partial charge >= 0.3 is 0 Å². The van der Waals surface area contributed by atoms with Crippen molar-refractivity contribution in [3.63, 3.8) is 0 Å². The van der Waals surface area contributed by atoms with Crippen molar-refractivity contribution < 1.29 is 0 Å². The number of hydrogen-bond acceptors (Lipinski definition) is 2. The molecule has 0 aliphatic carbocycles. The summed E-state index contributed by atoms with van der Waals surface area (Å²) in [4.78, 5) is 8.74. The van der Waals surface area contributed by atoms with Crippen molar-refractivity contribution in [3.8, 4) is 0 Å². The van der Waals surface area contributed by atoms with Crippen LogP contribution in [0.1, 0.15) is 29.8 Å². The lowest BCUT2D eigenvalue weighted by Gasteiger charge is -2.19. The first-order valence-corrected chi connectivity index (χ1v) is 8.54. The van der Waals surface area contributed by atoms with Gasteiger partial charge in [0.15, 0.2) is 5.96 Å². The Labute approximate surface area is 149 Å². The number of aromatic nitrogens is 1. The Morgan fingerprint density at radius 2 is 1.88 bits per heavy atom. The Morgan fingerprint density at radius 1 is 1.08 bits per heavy atom. The molecule has 0 saturated heterocycles. The minimum atomic E-state index is 0.153. The van der Waals surface area contributed by atoms with E-state index >= 15 is 0 Å². The SMILES string of the molecule is CN=C(NCc1ncccc1C)NC(C)c1ccc2ccccc2c1. The Kier molecular flexibility index (Phi) is 5.29. The van der Waals surface area contributed by atoms with E-state index in [2.05, 4.69) is 83.0 Å². The van der Waals surface area contributed by atoms with E-state index in [9.17, 15) is 0 Å². The van der Waals surface area contributed by atoms with Crippen LogP contribution in [0.15, 0.2) is 65.8 Å². The molecule has 1 aromatic heterocycles. The van der Waals surface area contributed by atoms with Gasteiger partial charge < -0.3 is 10.6 Å². The molecule has 1 unspecified atom stereocenters. The van der Waals surface area contributed by atoms with Gasteiger partial charge in [0.05, 0.1) is 18.3 Å². The van der Waals surface area contributed by atoms with Crippen molar-refractivity contribution >= 4 is 16.7 Å². The third-order valence-electron chi connectivity index (χ3n) is 4.39. The number of guanidine groups is 1. The van der Waals surface area contributed by atoms with Crippen LogP contribution in [0.25, 0.3) is 10.8 Å². The molecule has 0 amide bonds. The highest BCUT2D eigenvalue weighted by atomic mass is 15.2.